The number of carbonyl (C=O) groups is 1. The van der Waals surface area contributed by atoms with Crippen molar-refractivity contribution in [2.24, 2.45) is 5.92 Å². The van der Waals surface area contributed by atoms with Crippen molar-refractivity contribution in [2.75, 3.05) is 0 Å². The molecule has 0 aliphatic heterocycles. The molecule has 4 heteroatoms. The molecule has 4 nitrogen and oxygen atoms in total. The summed E-state index contributed by atoms with van der Waals surface area (Å²) >= 11 is 0. The van der Waals surface area contributed by atoms with Gasteiger partial charge in [0.1, 0.15) is 0 Å². The van der Waals surface area contributed by atoms with E-state index in [0.29, 0.717) is 6.54 Å². The van der Waals surface area contributed by atoms with Crippen LogP contribution in [0.2, 0.25) is 0 Å². The molecule has 0 bridgehead atoms. The first kappa shape index (κ1) is 14.4. The average Bonchev–Trinajstić information content (AvgIpc) is 2.61. The maximum atomic E-state index is 12.1. The van der Waals surface area contributed by atoms with E-state index in [1.54, 1.807) is 12.4 Å². The van der Waals surface area contributed by atoms with Crippen LogP contribution in [0.4, 0.5) is 0 Å². The molecule has 0 saturated carbocycles. The third-order valence-corrected chi connectivity index (χ3v) is 3.89. The van der Waals surface area contributed by atoms with Crippen molar-refractivity contribution in [3.05, 3.63) is 60.6 Å². The van der Waals surface area contributed by atoms with Crippen LogP contribution in [-0.4, -0.2) is 15.9 Å². The van der Waals surface area contributed by atoms with Gasteiger partial charge in [0.25, 0.3) is 0 Å². The van der Waals surface area contributed by atoms with Crippen LogP contribution in [0.15, 0.2) is 55.0 Å². The monoisotopic (exact) mass is 293 g/mol. The molecule has 0 spiro atoms. The number of aromatic nitrogens is 2. The predicted molar refractivity (Wildman–Crippen MR) is 85.8 cm³/mol. The molecule has 0 radical (unpaired) electrons. The topological polar surface area (TPSA) is 54.9 Å². The van der Waals surface area contributed by atoms with E-state index >= 15 is 0 Å². The summed E-state index contributed by atoms with van der Waals surface area (Å²) in [4.78, 5) is 20.6. The number of amides is 1. The number of nitrogens with zero attached hydrogens (tertiary/aromatic N) is 2. The Labute approximate surface area is 130 Å². The average molecular weight is 293 g/mol. The quantitative estimate of drug-likeness (QED) is 0.881. The molecule has 1 N–H and O–H groups in total. The number of hydrogen-bond donors (Lipinski definition) is 1. The van der Waals surface area contributed by atoms with Gasteiger partial charge < -0.3 is 5.32 Å². The molecule has 22 heavy (non-hydrogen) atoms. The van der Waals surface area contributed by atoms with E-state index in [2.05, 4.69) is 27.4 Å². The lowest BCUT2D eigenvalue weighted by Gasteiger charge is -2.17. The molecule has 0 fully saturated rings. The molecule has 112 valence electrons. The van der Waals surface area contributed by atoms with Crippen LogP contribution in [0.3, 0.4) is 0 Å². The summed E-state index contributed by atoms with van der Waals surface area (Å²) in [6.07, 6.45) is 12.4. The van der Waals surface area contributed by atoms with Crippen LogP contribution < -0.4 is 5.32 Å². The van der Waals surface area contributed by atoms with Crippen molar-refractivity contribution in [1.82, 2.24) is 15.3 Å². The van der Waals surface area contributed by atoms with E-state index in [1.165, 1.54) is 0 Å². The molecule has 3 rings (SSSR count). The van der Waals surface area contributed by atoms with Gasteiger partial charge in [0, 0.05) is 36.6 Å². The Morgan fingerprint density at radius 1 is 1.23 bits per heavy atom. The summed E-state index contributed by atoms with van der Waals surface area (Å²) < 4.78 is 0. The lowest BCUT2D eigenvalue weighted by Crippen LogP contribution is -2.30. The van der Waals surface area contributed by atoms with E-state index in [9.17, 15) is 4.79 Å². The van der Waals surface area contributed by atoms with Gasteiger partial charge in [-0.05, 0) is 43.0 Å². The minimum atomic E-state index is 0.118. The molecule has 1 aliphatic rings. The van der Waals surface area contributed by atoms with Gasteiger partial charge in [-0.25, -0.2) is 0 Å². The maximum absolute atomic E-state index is 12.1. The minimum Gasteiger partial charge on any atom is -0.352 e. The van der Waals surface area contributed by atoms with E-state index in [1.807, 2.05) is 30.5 Å². The summed E-state index contributed by atoms with van der Waals surface area (Å²) in [6, 6.07) is 7.83. The number of rotatable bonds is 4. The Balaban J connectivity index is 1.57. The van der Waals surface area contributed by atoms with Crippen molar-refractivity contribution in [3.8, 4) is 11.3 Å². The molecule has 1 atom stereocenters. The second-order valence-corrected chi connectivity index (χ2v) is 5.49. The smallest absolute Gasteiger partial charge is 0.223 e. The molecule has 1 amide bonds. The van der Waals surface area contributed by atoms with Gasteiger partial charge in [0.05, 0.1) is 5.69 Å². The zero-order chi connectivity index (χ0) is 15.2. The molecule has 1 aliphatic carbocycles. The predicted octanol–water partition coefficient (Wildman–Crippen LogP) is 3.12. The molecular formula is C18H19N3O. The van der Waals surface area contributed by atoms with Gasteiger partial charge in [-0.1, -0.05) is 18.2 Å². The van der Waals surface area contributed by atoms with Gasteiger partial charge in [0.2, 0.25) is 5.91 Å². The number of allylic oxidation sites excluding steroid dienone is 2. The van der Waals surface area contributed by atoms with Crippen LogP contribution >= 0.6 is 0 Å². The van der Waals surface area contributed by atoms with Crippen LogP contribution in [0.1, 0.15) is 24.8 Å². The molecule has 0 aromatic carbocycles. The number of nitrogens with one attached hydrogen (secondary N) is 1. The molecule has 2 heterocycles. The third kappa shape index (κ3) is 3.58. The summed E-state index contributed by atoms with van der Waals surface area (Å²) in [6.45, 7) is 0.527. The van der Waals surface area contributed by atoms with Crippen LogP contribution in [0.25, 0.3) is 11.3 Å². The fourth-order valence-electron chi connectivity index (χ4n) is 2.58. The van der Waals surface area contributed by atoms with E-state index < -0.39 is 0 Å². The highest BCUT2D eigenvalue weighted by atomic mass is 16.1. The van der Waals surface area contributed by atoms with Gasteiger partial charge in [-0.2, -0.15) is 0 Å². The fourth-order valence-corrected chi connectivity index (χ4v) is 2.58. The first-order valence-electron chi connectivity index (χ1n) is 7.61. The van der Waals surface area contributed by atoms with Crippen LogP contribution in [0.5, 0.6) is 0 Å². The van der Waals surface area contributed by atoms with Crippen molar-refractivity contribution < 1.29 is 4.79 Å². The van der Waals surface area contributed by atoms with Gasteiger partial charge in [-0.15, -0.1) is 0 Å². The summed E-state index contributed by atoms with van der Waals surface area (Å²) in [7, 11) is 0. The molecule has 0 saturated heterocycles. The zero-order valence-corrected chi connectivity index (χ0v) is 12.4. The van der Waals surface area contributed by atoms with Crippen LogP contribution in [-0.2, 0) is 11.3 Å². The normalized spacial score (nSPS) is 17.2. The lowest BCUT2D eigenvalue weighted by atomic mass is 9.93. The fraction of sp³-hybridized carbons (Fsp3) is 0.278. The Morgan fingerprint density at radius 3 is 2.86 bits per heavy atom. The van der Waals surface area contributed by atoms with Crippen molar-refractivity contribution in [1.29, 1.82) is 0 Å². The Morgan fingerprint density at radius 2 is 2.18 bits per heavy atom. The first-order chi connectivity index (χ1) is 10.8. The van der Waals surface area contributed by atoms with Gasteiger partial charge >= 0.3 is 0 Å². The van der Waals surface area contributed by atoms with Crippen molar-refractivity contribution in [2.45, 2.75) is 25.8 Å². The van der Waals surface area contributed by atoms with E-state index in [0.717, 1.165) is 36.1 Å². The summed E-state index contributed by atoms with van der Waals surface area (Å²) in [5.74, 6) is 0.258. The lowest BCUT2D eigenvalue weighted by molar-refractivity contribution is -0.125. The molecular weight excluding hydrogens is 274 g/mol. The Hall–Kier alpha value is -2.49. The highest BCUT2D eigenvalue weighted by Gasteiger charge is 2.18. The van der Waals surface area contributed by atoms with Crippen molar-refractivity contribution >= 4 is 5.91 Å². The minimum absolute atomic E-state index is 0.118. The summed E-state index contributed by atoms with van der Waals surface area (Å²) in [5.41, 5.74) is 2.89. The van der Waals surface area contributed by atoms with Gasteiger partial charge in [-0.3, -0.25) is 14.8 Å². The highest BCUT2D eigenvalue weighted by Crippen LogP contribution is 2.18. The number of carbonyl (C=O) groups excluding carboxylic acids is 1. The van der Waals surface area contributed by atoms with Crippen LogP contribution in [0, 0.1) is 5.92 Å². The second-order valence-electron chi connectivity index (χ2n) is 5.49. The van der Waals surface area contributed by atoms with Gasteiger partial charge in [0.15, 0.2) is 0 Å². The Kier molecular flexibility index (Phi) is 4.59. The number of pyridine rings is 2. The zero-order valence-electron chi connectivity index (χ0n) is 12.4. The maximum Gasteiger partial charge on any atom is 0.223 e. The largest absolute Gasteiger partial charge is 0.352 e. The van der Waals surface area contributed by atoms with E-state index in [4.69, 9.17) is 0 Å². The standard InChI is InChI=1S/C18H19N3O/c22-18(15-5-2-1-3-6-15)21-12-14-8-9-17(20-11-14)16-7-4-10-19-13-16/h1-2,4,7-11,13,15H,3,5-6,12H2,(H,21,22). The highest BCUT2D eigenvalue weighted by molar-refractivity contribution is 5.79. The second kappa shape index (κ2) is 6.98. The first-order valence-corrected chi connectivity index (χ1v) is 7.61. The SMILES string of the molecule is O=C(NCc1ccc(-c2cccnc2)nc1)C1CC=CCC1. The molecule has 2 aromatic heterocycles. The molecule has 1 unspecified atom stereocenters. The molecule has 2 aromatic rings. The summed E-state index contributed by atoms with van der Waals surface area (Å²) in [5, 5.41) is 3.00. The third-order valence-electron chi connectivity index (χ3n) is 3.89. The van der Waals surface area contributed by atoms with Crippen molar-refractivity contribution in [3.63, 3.8) is 0 Å². The van der Waals surface area contributed by atoms with E-state index in [-0.39, 0.29) is 11.8 Å². The number of hydrogen-bond acceptors (Lipinski definition) is 3. The Bertz CT molecular complexity index is 650.